The minimum Gasteiger partial charge on any atom is -0.326 e. The third-order valence-corrected chi connectivity index (χ3v) is 5.57. The lowest BCUT2D eigenvalue weighted by atomic mass is 10.1. The second-order valence-corrected chi connectivity index (χ2v) is 7.88. The van der Waals surface area contributed by atoms with Gasteiger partial charge in [0, 0.05) is 12.6 Å². The normalized spacial score (nSPS) is 11.0. The van der Waals surface area contributed by atoms with Crippen LogP contribution in [-0.2, 0) is 26.0 Å². The van der Waals surface area contributed by atoms with E-state index in [-0.39, 0.29) is 10.8 Å². The van der Waals surface area contributed by atoms with Gasteiger partial charge < -0.3 is 5.32 Å². The molecule has 1 N–H and O–H groups in total. The zero-order chi connectivity index (χ0) is 19.3. The fraction of sp³-hybridized carbons (Fsp3) is 0.222. The molecule has 2 aromatic rings. The van der Waals surface area contributed by atoms with E-state index >= 15 is 0 Å². The fourth-order valence-corrected chi connectivity index (χ4v) is 3.98. The summed E-state index contributed by atoms with van der Waals surface area (Å²) in [7, 11) is -4.00. The van der Waals surface area contributed by atoms with E-state index in [1.807, 2.05) is 6.92 Å². The van der Waals surface area contributed by atoms with Gasteiger partial charge in [-0.05, 0) is 60.0 Å². The number of anilines is 2. The number of benzene rings is 2. The van der Waals surface area contributed by atoms with E-state index < -0.39 is 21.8 Å². The highest BCUT2D eigenvalue weighted by atomic mass is 35.5. The van der Waals surface area contributed by atoms with Gasteiger partial charge in [0.15, 0.2) is 0 Å². The maximum absolute atomic E-state index is 13.0. The van der Waals surface area contributed by atoms with Crippen molar-refractivity contribution in [2.45, 2.75) is 25.2 Å². The highest BCUT2D eigenvalue weighted by Gasteiger charge is 2.26. The van der Waals surface area contributed by atoms with Crippen molar-refractivity contribution in [3.8, 4) is 0 Å². The van der Waals surface area contributed by atoms with Gasteiger partial charge in [-0.1, -0.05) is 19.1 Å². The van der Waals surface area contributed by atoms with E-state index in [1.165, 1.54) is 31.2 Å². The number of aryl methyl sites for hydroxylation is 1. The zero-order valence-corrected chi connectivity index (χ0v) is 16.0. The van der Waals surface area contributed by atoms with Crippen molar-refractivity contribution in [1.82, 2.24) is 0 Å². The van der Waals surface area contributed by atoms with Crippen molar-refractivity contribution in [3.63, 3.8) is 0 Å². The molecule has 8 heteroatoms. The average molecular weight is 395 g/mol. The van der Waals surface area contributed by atoms with Gasteiger partial charge >= 0.3 is 0 Å². The second kappa shape index (κ2) is 8.33. The first-order valence-electron chi connectivity index (χ1n) is 7.91. The molecule has 2 aromatic carbocycles. The Balaban J connectivity index is 2.41. The lowest BCUT2D eigenvalue weighted by Gasteiger charge is -2.23. The molecule has 0 heterocycles. The summed E-state index contributed by atoms with van der Waals surface area (Å²) in [5.41, 5.74) is 1.87. The van der Waals surface area contributed by atoms with E-state index in [0.29, 0.717) is 11.4 Å². The van der Waals surface area contributed by atoms with Crippen molar-refractivity contribution in [3.05, 3.63) is 54.1 Å². The molecule has 0 radical (unpaired) electrons. The standard InChI is InChI=1S/C18H19ClN2O4S/c1-3-14-4-8-16(9-5-14)21(12-18(19)23)26(24,25)17-10-6-15(7-11-17)20-13(2)22/h4-11H,3,12H2,1-2H3,(H,20,22). The summed E-state index contributed by atoms with van der Waals surface area (Å²) in [5.74, 6) is -0.258. The molecule has 26 heavy (non-hydrogen) atoms. The van der Waals surface area contributed by atoms with Crippen molar-refractivity contribution in [1.29, 1.82) is 0 Å². The molecule has 6 nitrogen and oxygen atoms in total. The van der Waals surface area contributed by atoms with Crippen LogP contribution in [0.1, 0.15) is 19.4 Å². The first-order valence-corrected chi connectivity index (χ1v) is 9.73. The Morgan fingerprint density at radius 2 is 1.62 bits per heavy atom. The number of sulfonamides is 1. The van der Waals surface area contributed by atoms with Crippen molar-refractivity contribution >= 4 is 44.1 Å². The molecule has 0 saturated heterocycles. The quantitative estimate of drug-likeness (QED) is 0.731. The molecule has 0 bridgehead atoms. The Morgan fingerprint density at radius 3 is 2.08 bits per heavy atom. The summed E-state index contributed by atoms with van der Waals surface area (Å²) < 4.78 is 26.9. The van der Waals surface area contributed by atoms with Gasteiger partial charge in [-0.3, -0.25) is 13.9 Å². The molecule has 2 rings (SSSR count). The van der Waals surface area contributed by atoms with Crippen LogP contribution < -0.4 is 9.62 Å². The first-order chi connectivity index (χ1) is 12.2. The molecule has 0 saturated carbocycles. The fourth-order valence-electron chi connectivity index (χ4n) is 2.37. The Kier molecular flexibility index (Phi) is 6.39. The Labute approximate surface area is 157 Å². The summed E-state index contributed by atoms with van der Waals surface area (Å²) in [6, 6.07) is 12.6. The topological polar surface area (TPSA) is 83.6 Å². The third kappa shape index (κ3) is 4.83. The molecular formula is C18H19ClN2O4S. The lowest BCUT2D eigenvalue weighted by Crippen LogP contribution is -2.34. The highest BCUT2D eigenvalue weighted by molar-refractivity contribution is 7.92. The number of hydrogen-bond donors (Lipinski definition) is 1. The predicted molar refractivity (Wildman–Crippen MR) is 102 cm³/mol. The number of carbonyl (C=O) groups is 2. The summed E-state index contributed by atoms with van der Waals surface area (Å²) >= 11 is 5.46. The second-order valence-electron chi connectivity index (χ2n) is 5.59. The summed E-state index contributed by atoms with van der Waals surface area (Å²) in [6.45, 7) is 2.86. The highest BCUT2D eigenvalue weighted by Crippen LogP contribution is 2.25. The van der Waals surface area contributed by atoms with Crippen LogP contribution in [0.5, 0.6) is 0 Å². The van der Waals surface area contributed by atoms with E-state index in [2.05, 4.69) is 5.32 Å². The van der Waals surface area contributed by atoms with Crippen molar-refractivity contribution < 1.29 is 18.0 Å². The summed E-state index contributed by atoms with van der Waals surface area (Å²) in [4.78, 5) is 22.5. The van der Waals surface area contributed by atoms with Crippen LogP contribution in [0, 0.1) is 0 Å². The van der Waals surface area contributed by atoms with Crippen LogP contribution in [0.25, 0.3) is 0 Å². The number of amides is 1. The van der Waals surface area contributed by atoms with E-state index in [1.54, 1.807) is 24.3 Å². The third-order valence-electron chi connectivity index (χ3n) is 3.66. The predicted octanol–water partition coefficient (Wildman–Crippen LogP) is 3.17. The molecule has 0 aliphatic heterocycles. The SMILES string of the molecule is CCc1ccc(N(CC(=O)Cl)S(=O)(=O)c2ccc(NC(C)=O)cc2)cc1. The number of nitrogens with one attached hydrogen (secondary N) is 1. The smallest absolute Gasteiger partial charge is 0.264 e. The Hall–Kier alpha value is -2.38. The average Bonchev–Trinajstić information content (AvgIpc) is 2.59. The number of nitrogens with zero attached hydrogens (tertiary/aromatic N) is 1. The van der Waals surface area contributed by atoms with Gasteiger partial charge in [0.1, 0.15) is 6.54 Å². The zero-order valence-electron chi connectivity index (χ0n) is 14.4. The van der Waals surface area contributed by atoms with Crippen LogP contribution in [-0.4, -0.2) is 26.1 Å². The van der Waals surface area contributed by atoms with E-state index in [9.17, 15) is 18.0 Å². The Bertz CT molecular complexity index is 894. The Morgan fingerprint density at radius 1 is 1.04 bits per heavy atom. The van der Waals surface area contributed by atoms with Crippen LogP contribution >= 0.6 is 11.6 Å². The van der Waals surface area contributed by atoms with Gasteiger partial charge in [-0.15, -0.1) is 0 Å². The molecule has 0 spiro atoms. The molecule has 138 valence electrons. The van der Waals surface area contributed by atoms with Crippen LogP contribution in [0.4, 0.5) is 11.4 Å². The number of carbonyl (C=O) groups excluding carboxylic acids is 2. The maximum Gasteiger partial charge on any atom is 0.264 e. The first kappa shape index (κ1) is 19.9. The minimum atomic E-state index is -4.00. The molecular weight excluding hydrogens is 376 g/mol. The molecule has 0 unspecified atom stereocenters. The molecule has 0 aliphatic carbocycles. The molecule has 0 aliphatic rings. The van der Waals surface area contributed by atoms with Crippen molar-refractivity contribution in [2.75, 3.05) is 16.2 Å². The summed E-state index contributed by atoms with van der Waals surface area (Å²) in [5, 5.41) is 1.78. The van der Waals surface area contributed by atoms with Gasteiger partial charge in [0.05, 0.1) is 10.6 Å². The number of rotatable bonds is 7. The molecule has 0 fully saturated rings. The van der Waals surface area contributed by atoms with Gasteiger partial charge in [0.25, 0.3) is 10.0 Å². The molecule has 0 atom stereocenters. The van der Waals surface area contributed by atoms with Crippen LogP contribution in [0.15, 0.2) is 53.4 Å². The number of hydrogen-bond acceptors (Lipinski definition) is 4. The van der Waals surface area contributed by atoms with Crippen LogP contribution in [0.2, 0.25) is 0 Å². The van der Waals surface area contributed by atoms with E-state index in [4.69, 9.17) is 11.6 Å². The largest absolute Gasteiger partial charge is 0.326 e. The minimum absolute atomic E-state index is 0.0101. The van der Waals surface area contributed by atoms with Gasteiger partial charge in [-0.25, -0.2) is 8.42 Å². The van der Waals surface area contributed by atoms with E-state index in [0.717, 1.165) is 16.3 Å². The van der Waals surface area contributed by atoms with Crippen molar-refractivity contribution in [2.24, 2.45) is 0 Å². The monoisotopic (exact) mass is 394 g/mol. The van der Waals surface area contributed by atoms with Crippen LogP contribution in [0.3, 0.4) is 0 Å². The molecule has 0 aromatic heterocycles. The number of halogens is 1. The molecule has 1 amide bonds. The maximum atomic E-state index is 13.0. The lowest BCUT2D eigenvalue weighted by molar-refractivity contribution is -0.114. The van der Waals surface area contributed by atoms with Gasteiger partial charge in [-0.2, -0.15) is 0 Å². The van der Waals surface area contributed by atoms with Gasteiger partial charge in [0.2, 0.25) is 11.1 Å². The summed E-state index contributed by atoms with van der Waals surface area (Å²) in [6.07, 6.45) is 0.812.